The first-order chi connectivity index (χ1) is 9.70. The first-order valence-corrected chi connectivity index (χ1v) is 5.70. The van der Waals surface area contributed by atoms with Crippen LogP contribution in [0, 0.1) is 17.5 Å². The molecule has 0 bridgehead atoms. The topological polar surface area (TPSA) is 20.2 Å². The summed E-state index contributed by atoms with van der Waals surface area (Å²) >= 11 is 0. The Kier molecular flexibility index (Phi) is 3.95. The molecule has 112 valence electrons. The van der Waals surface area contributed by atoms with Crippen molar-refractivity contribution >= 4 is 0 Å². The molecule has 1 atom stereocenters. The van der Waals surface area contributed by atoms with Crippen molar-refractivity contribution in [2.75, 3.05) is 0 Å². The molecule has 0 heterocycles. The van der Waals surface area contributed by atoms with Crippen molar-refractivity contribution in [3.05, 3.63) is 70.5 Å². The minimum absolute atomic E-state index is 0.230. The Labute approximate surface area is 115 Å². The molecule has 0 radical (unpaired) electrons. The minimum Gasteiger partial charge on any atom is -0.383 e. The van der Waals surface area contributed by atoms with Crippen molar-refractivity contribution in [2.24, 2.45) is 0 Å². The lowest BCUT2D eigenvalue weighted by atomic mass is 9.98. The molecule has 0 saturated carbocycles. The molecule has 0 saturated heterocycles. The van der Waals surface area contributed by atoms with Gasteiger partial charge in [0.1, 0.15) is 23.6 Å². The molecule has 2 aromatic carbocycles. The first-order valence-electron chi connectivity index (χ1n) is 5.70. The monoisotopic (exact) mass is 306 g/mol. The van der Waals surface area contributed by atoms with Crippen molar-refractivity contribution in [3.63, 3.8) is 0 Å². The number of aliphatic hydroxyl groups excluding tert-OH is 1. The fourth-order valence-corrected chi connectivity index (χ4v) is 1.87. The van der Waals surface area contributed by atoms with E-state index >= 15 is 0 Å². The Hall–Kier alpha value is -2.02. The van der Waals surface area contributed by atoms with Crippen LogP contribution in [0.2, 0.25) is 0 Å². The Morgan fingerprint density at radius 2 is 1.48 bits per heavy atom. The van der Waals surface area contributed by atoms with E-state index in [1.807, 2.05) is 0 Å². The highest BCUT2D eigenvalue weighted by Gasteiger charge is 2.32. The van der Waals surface area contributed by atoms with Gasteiger partial charge < -0.3 is 5.11 Å². The quantitative estimate of drug-likeness (QED) is 0.824. The number of rotatable bonds is 2. The van der Waals surface area contributed by atoms with Crippen molar-refractivity contribution in [1.29, 1.82) is 0 Å². The zero-order valence-corrected chi connectivity index (χ0v) is 10.3. The zero-order chi connectivity index (χ0) is 15.8. The Morgan fingerprint density at radius 1 is 0.905 bits per heavy atom. The van der Waals surface area contributed by atoms with Gasteiger partial charge >= 0.3 is 6.18 Å². The van der Waals surface area contributed by atoms with Gasteiger partial charge in [-0.2, -0.15) is 13.2 Å². The molecule has 0 spiro atoms. The Morgan fingerprint density at radius 3 is 2.00 bits per heavy atom. The predicted octanol–water partition coefficient (Wildman–Crippen LogP) is 4.20. The van der Waals surface area contributed by atoms with Crippen LogP contribution in [0.15, 0.2) is 36.4 Å². The number of benzene rings is 2. The van der Waals surface area contributed by atoms with Gasteiger partial charge in [0.05, 0.1) is 11.1 Å². The van der Waals surface area contributed by atoms with Gasteiger partial charge in [-0.15, -0.1) is 0 Å². The molecule has 0 aliphatic carbocycles. The van der Waals surface area contributed by atoms with Crippen LogP contribution in [0.5, 0.6) is 0 Å². The summed E-state index contributed by atoms with van der Waals surface area (Å²) in [7, 11) is 0. The Balaban J connectivity index is 2.54. The highest BCUT2D eigenvalue weighted by atomic mass is 19.4. The van der Waals surface area contributed by atoms with Gasteiger partial charge in [-0.25, -0.2) is 13.2 Å². The first kappa shape index (κ1) is 15.4. The SMILES string of the molecule is OC(c1cc(F)cc(C(F)(F)F)c1)c1c(F)cccc1F. The summed E-state index contributed by atoms with van der Waals surface area (Å²) in [6.07, 6.45) is -6.90. The number of halogens is 6. The molecule has 0 fully saturated rings. The van der Waals surface area contributed by atoms with Crippen LogP contribution in [-0.4, -0.2) is 5.11 Å². The maximum Gasteiger partial charge on any atom is 0.416 e. The van der Waals surface area contributed by atoms with Gasteiger partial charge in [0.15, 0.2) is 0 Å². The van der Waals surface area contributed by atoms with Gasteiger partial charge in [-0.1, -0.05) is 6.07 Å². The molecule has 1 nitrogen and oxygen atoms in total. The third-order valence-electron chi connectivity index (χ3n) is 2.84. The number of alkyl halides is 3. The van der Waals surface area contributed by atoms with Crippen LogP contribution in [0.4, 0.5) is 26.3 Å². The highest BCUT2D eigenvalue weighted by Crippen LogP contribution is 2.34. The van der Waals surface area contributed by atoms with E-state index < -0.39 is 46.4 Å². The maximum atomic E-state index is 13.5. The largest absolute Gasteiger partial charge is 0.416 e. The van der Waals surface area contributed by atoms with E-state index in [4.69, 9.17) is 0 Å². The molecule has 7 heteroatoms. The molecule has 0 aromatic heterocycles. The van der Waals surface area contributed by atoms with Gasteiger partial charge in [-0.3, -0.25) is 0 Å². The molecule has 2 rings (SSSR count). The number of hydrogen-bond donors (Lipinski definition) is 1. The lowest BCUT2D eigenvalue weighted by Crippen LogP contribution is -2.10. The van der Waals surface area contributed by atoms with Crippen LogP contribution in [0.3, 0.4) is 0 Å². The summed E-state index contributed by atoms with van der Waals surface area (Å²) in [4.78, 5) is 0. The van der Waals surface area contributed by atoms with E-state index in [9.17, 15) is 31.4 Å². The van der Waals surface area contributed by atoms with Crippen LogP contribution in [-0.2, 0) is 6.18 Å². The van der Waals surface area contributed by atoms with E-state index in [1.165, 1.54) is 0 Å². The van der Waals surface area contributed by atoms with E-state index in [-0.39, 0.29) is 6.07 Å². The second-order valence-electron chi connectivity index (χ2n) is 4.31. The lowest BCUT2D eigenvalue weighted by Gasteiger charge is -2.15. The fourth-order valence-electron chi connectivity index (χ4n) is 1.87. The van der Waals surface area contributed by atoms with E-state index in [0.29, 0.717) is 12.1 Å². The molecule has 21 heavy (non-hydrogen) atoms. The van der Waals surface area contributed by atoms with Gasteiger partial charge in [0.2, 0.25) is 0 Å². The van der Waals surface area contributed by atoms with Crippen molar-refractivity contribution in [3.8, 4) is 0 Å². The van der Waals surface area contributed by atoms with E-state index in [0.717, 1.165) is 18.2 Å². The summed E-state index contributed by atoms with van der Waals surface area (Å²) in [5, 5.41) is 9.85. The summed E-state index contributed by atoms with van der Waals surface area (Å²) in [6.45, 7) is 0. The average molecular weight is 306 g/mol. The number of hydrogen-bond acceptors (Lipinski definition) is 1. The highest BCUT2D eigenvalue weighted by molar-refractivity contribution is 5.35. The average Bonchev–Trinajstić information content (AvgIpc) is 2.36. The minimum atomic E-state index is -4.84. The molecule has 2 aromatic rings. The van der Waals surface area contributed by atoms with Crippen molar-refractivity contribution in [1.82, 2.24) is 0 Å². The molecule has 1 N–H and O–H groups in total. The maximum absolute atomic E-state index is 13.5. The lowest BCUT2D eigenvalue weighted by molar-refractivity contribution is -0.137. The third-order valence-corrected chi connectivity index (χ3v) is 2.84. The zero-order valence-electron chi connectivity index (χ0n) is 10.3. The van der Waals surface area contributed by atoms with Crippen molar-refractivity contribution < 1.29 is 31.4 Å². The number of aliphatic hydroxyl groups is 1. The summed E-state index contributed by atoms with van der Waals surface area (Å²) in [5.41, 5.74) is -2.78. The second-order valence-corrected chi connectivity index (χ2v) is 4.31. The normalized spacial score (nSPS) is 13.3. The summed E-state index contributed by atoms with van der Waals surface area (Å²) in [5.74, 6) is -3.55. The second kappa shape index (κ2) is 5.40. The van der Waals surface area contributed by atoms with Crippen LogP contribution in [0.1, 0.15) is 22.8 Å². The van der Waals surface area contributed by atoms with Crippen LogP contribution in [0.25, 0.3) is 0 Å². The Bertz CT molecular complexity index is 645. The molecular formula is C14H8F6O. The van der Waals surface area contributed by atoms with E-state index in [2.05, 4.69) is 0 Å². The van der Waals surface area contributed by atoms with Gasteiger partial charge in [-0.05, 0) is 35.9 Å². The van der Waals surface area contributed by atoms with Crippen LogP contribution < -0.4 is 0 Å². The fraction of sp³-hybridized carbons (Fsp3) is 0.143. The molecule has 0 amide bonds. The van der Waals surface area contributed by atoms with Crippen molar-refractivity contribution in [2.45, 2.75) is 12.3 Å². The molecule has 1 unspecified atom stereocenters. The van der Waals surface area contributed by atoms with Gasteiger partial charge in [0, 0.05) is 0 Å². The third kappa shape index (κ3) is 3.18. The summed E-state index contributed by atoms with van der Waals surface area (Å²) < 4.78 is 78.0. The molecule has 0 aliphatic rings. The van der Waals surface area contributed by atoms with E-state index in [1.54, 1.807) is 0 Å². The summed E-state index contributed by atoms with van der Waals surface area (Å²) in [6, 6.07) is 3.98. The molecule has 0 aliphatic heterocycles. The van der Waals surface area contributed by atoms with Crippen LogP contribution >= 0.6 is 0 Å². The molecular weight excluding hydrogens is 298 g/mol. The van der Waals surface area contributed by atoms with Gasteiger partial charge in [0.25, 0.3) is 0 Å². The standard InChI is InChI=1S/C14H8F6O/c15-9-5-7(4-8(6-9)14(18,19)20)13(21)12-10(16)2-1-3-11(12)17/h1-6,13,21H. The smallest absolute Gasteiger partial charge is 0.383 e. The predicted molar refractivity (Wildman–Crippen MR) is 61.8 cm³/mol.